The number of hydrogen-bond donors (Lipinski definition) is 0. The fourth-order valence-electron chi connectivity index (χ4n) is 2.45. The summed E-state index contributed by atoms with van der Waals surface area (Å²) in [7, 11) is 0. The summed E-state index contributed by atoms with van der Waals surface area (Å²) < 4.78 is 5.81. The number of aryl methyl sites for hydroxylation is 1. The smallest absolute Gasteiger partial charge is 0.0722 e. The molecule has 0 saturated carbocycles. The summed E-state index contributed by atoms with van der Waals surface area (Å²) in [4.78, 5) is 4.01. The van der Waals surface area contributed by atoms with E-state index in [9.17, 15) is 0 Å². The zero-order valence-corrected chi connectivity index (χ0v) is 12.7. The minimum Gasteiger partial charge on any atom is -0.372 e. The molecule has 3 aromatic rings. The van der Waals surface area contributed by atoms with Crippen molar-refractivity contribution < 1.29 is 4.74 Å². The second-order valence-electron chi connectivity index (χ2n) is 5.36. The van der Waals surface area contributed by atoms with Crippen molar-refractivity contribution in [3.8, 4) is 11.1 Å². The van der Waals surface area contributed by atoms with Gasteiger partial charge in [0.2, 0.25) is 0 Å². The lowest BCUT2D eigenvalue weighted by molar-refractivity contribution is 0.107. The molecule has 0 aliphatic heterocycles. The van der Waals surface area contributed by atoms with Gasteiger partial charge in [0, 0.05) is 12.4 Å². The van der Waals surface area contributed by atoms with Crippen molar-refractivity contribution in [1.29, 1.82) is 0 Å². The van der Waals surface area contributed by atoms with Gasteiger partial charge in [-0.2, -0.15) is 0 Å². The van der Waals surface area contributed by atoms with Crippen LogP contribution in [0, 0.1) is 6.92 Å². The Kier molecular flexibility index (Phi) is 4.62. The van der Waals surface area contributed by atoms with E-state index in [1.54, 1.807) is 12.4 Å². The third-order valence-corrected chi connectivity index (χ3v) is 3.67. The molecule has 1 heterocycles. The lowest BCUT2D eigenvalue weighted by Gasteiger charge is -2.10. The van der Waals surface area contributed by atoms with E-state index in [4.69, 9.17) is 4.74 Å². The standard InChI is InChI=1S/C20H19NO/c1-16-7-8-18(13-20(16)19-5-3-2-4-6-19)15-22-14-17-9-11-21-12-10-17/h2-13H,14-15H2,1H3. The maximum Gasteiger partial charge on any atom is 0.0722 e. The Morgan fingerprint density at radius 2 is 1.55 bits per heavy atom. The van der Waals surface area contributed by atoms with Gasteiger partial charge >= 0.3 is 0 Å². The molecule has 0 spiro atoms. The first-order valence-corrected chi connectivity index (χ1v) is 7.44. The van der Waals surface area contributed by atoms with Crippen LogP contribution in [0.3, 0.4) is 0 Å². The van der Waals surface area contributed by atoms with E-state index >= 15 is 0 Å². The predicted molar refractivity (Wildman–Crippen MR) is 89.3 cm³/mol. The van der Waals surface area contributed by atoms with Crippen LogP contribution in [-0.4, -0.2) is 4.98 Å². The van der Waals surface area contributed by atoms with E-state index in [2.05, 4.69) is 54.4 Å². The zero-order valence-electron chi connectivity index (χ0n) is 12.7. The number of ether oxygens (including phenoxy) is 1. The summed E-state index contributed by atoms with van der Waals surface area (Å²) in [5.41, 5.74) is 6.13. The fourth-order valence-corrected chi connectivity index (χ4v) is 2.45. The molecule has 0 N–H and O–H groups in total. The molecule has 0 aliphatic rings. The van der Waals surface area contributed by atoms with Crippen LogP contribution in [0.15, 0.2) is 73.1 Å². The predicted octanol–water partition coefficient (Wildman–Crippen LogP) is 4.77. The molecule has 0 saturated heterocycles. The molecular formula is C20H19NO. The third-order valence-electron chi connectivity index (χ3n) is 3.67. The zero-order chi connectivity index (χ0) is 15.2. The van der Waals surface area contributed by atoms with Gasteiger partial charge in [0.05, 0.1) is 13.2 Å². The number of aromatic nitrogens is 1. The van der Waals surface area contributed by atoms with E-state index in [0.717, 1.165) is 5.56 Å². The Balaban J connectivity index is 1.70. The summed E-state index contributed by atoms with van der Waals surface area (Å²) in [5.74, 6) is 0. The van der Waals surface area contributed by atoms with Crippen molar-refractivity contribution >= 4 is 0 Å². The maximum atomic E-state index is 5.81. The molecular weight excluding hydrogens is 270 g/mol. The molecule has 0 radical (unpaired) electrons. The maximum absolute atomic E-state index is 5.81. The summed E-state index contributed by atoms with van der Waals surface area (Å²) in [6.45, 7) is 3.36. The van der Waals surface area contributed by atoms with Crippen LogP contribution in [-0.2, 0) is 18.0 Å². The summed E-state index contributed by atoms with van der Waals surface area (Å²) >= 11 is 0. The van der Waals surface area contributed by atoms with Crippen molar-refractivity contribution in [3.05, 3.63) is 89.7 Å². The van der Waals surface area contributed by atoms with Gasteiger partial charge in [-0.3, -0.25) is 4.98 Å². The number of hydrogen-bond acceptors (Lipinski definition) is 2. The highest BCUT2D eigenvalue weighted by Gasteiger charge is 2.03. The molecule has 22 heavy (non-hydrogen) atoms. The molecule has 110 valence electrons. The van der Waals surface area contributed by atoms with Crippen molar-refractivity contribution in [2.24, 2.45) is 0 Å². The van der Waals surface area contributed by atoms with E-state index in [1.807, 2.05) is 18.2 Å². The normalized spacial score (nSPS) is 10.6. The Morgan fingerprint density at radius 1 is 0.818 bits per heavy atom. The number of benzene rings is 2. The van der Waals surface area contributed by atoms with Gasteiger partial charge in [0.15, 0.2) is 0 Å². The summed E-state index contributed by atoms with van der Waals surface area (Å²) in [6.07, 6.45) is 3.58. The average molecular weight is 289 g/mol. The van der Waals surface area contributed by atoms with Crippen LogP contribution in [0.4, 0.5) is 0 Å². The molecule has 2 aromatic carbocycles. The topological polar surface area (TPSA) is 22.1 Å². The van der Waals surface area contributed by atoms with Crippen LogP contribution >= 0.6 is 0 Å². The van der Waals surface area contributed by atoms with Gasteiger partial charge < -0.3 is 4.74 Å². The van der Waals surface area contributed by atoms with Crippen molar-refractivity contribution in [2.45, 2.75) is 20.1 Å². The highest BCUT2D eigenvalue weighted by atomic mass is 16.5. The average Bonchev–Trinajstić information content (AvgIpc) is 2.58. The molecule has 0 fully saturated rings. The molecule has 2 heteroatoms. The number of nitrogens with zero attached hydrogens (tertiary/aromatic N) is 1. The first-order chi connectivity index (χ1) is 10.8. The summed E-state index contributed by atoms with van der Waals surface area (Å²) in [6, 6.07) is 20.9. The third kappa shape index (κ3) is 3.60. The molecule has 1 aromatic heterocycles. The second-order valence-corrected chi connectivity index (χ2v) is 5.36. The summed E-state index contributed by atoms with van der Waals surface area (Å²) in [5, 5.41) is 0. The van der Waals surface area contributed by atoms with E-state index in [1.165, 1.54) is 22.3 Å². The second kappa shape index (κ2) is 7.01. The number of pyridine rings is 1. The number of rotatable bonds is 5. The van der Waals surface area contributed by atoms with Gasteiger partial charge in [-0.25, -0.2) is 0 Å². The SMILES string of the molecule is Cc1ccc(COCc2ccncc2)cc1-c1ccccc1. The molecule has 2 nitrogen and oxygen atoms in total. The van der Waals surface area contributed by atoms with Crippen LogP contribution < -0.4 is 0 Å². The van der Waals surface area contributed by atoms with E-state index in [0.29, 0.717) is 13.2 Å². The Hall–Kier alpha value is -2.45. The van der Waals surface area contributed by atoms with Gasteiger partial charge in [0.1, 0.15) is 0 Å². The lowest BCUT2D eigenvalue weighted by Crippen LogP contribution is -1.95. The van der Waals surface area contributed by atoms with Crippen LogP contribution in [0.1, 0.15) is 16.7 Å². The van der Waals surface area contributed by atoms with Crippen LogP contribution in [0.25, 0.3) is 11.1 Å². The molecule has 0 aliphatic carbocycles. The lowest BCUT2D eigenvalue weighted by atomic mass is 9.98. The monoisotopic (exact) mass is 289 g/mol. The van der Waals surface area contributed by atoms with Crippen LogP contribution in [0.2, 0.25) is 0 Å². The van der Waals surface area contributed by atoms with Crippen molar-refractivity contribution in [3.63, 3.8) is 0 Å². The minimum absolute atomic E-state index is 0.608. The molecule has 0 amide bonds. The van der Waals surface area contributed by atoms with Gasteiger partial charge in [-0.1, -0.05) is 42.5 Å². The molecule has 3 rings (SSSR count). The van der Waals surface area contributed by atoms with Crippen molar-refractivity contribution in [2.75, 3.05) is 0 Å². The highest BCUT2D eigenvalue weighted by Crippen LogP contribution is 2.24. The Bertz CT molecular complexity index is 723. The Morgan fingerprint density at radius 3 is 2.32 bits per heavy atom. The largest absolute Gasteiger partial charge is 0.372 e. The first-order valence-electron chi connectivity index (χ1n) is 7.44. The molecule has 0 unspecified atom stereocenters. The minimum atomic E-state index is 0.608. The van der Waals surface area contributed by atoms with Gasteiger partial charge in [-0.15, -0.1) is 0 Å². The quantitative estimate of drug-likeness (QED) is 0.674. The molecule has 0 bridgehead atoms. The van der Waals surface area contributed by atoms with Gasteiger partial charge in [0.25, 0.3) is 0 Å². The molecule has 0 atom stereocenters. The van der Waals surface area contributed by atoms with Gasteiger partial charge in [-0.05, 0) is 52.9 Å². The Labute approximate surface area is 131 Å². The fraction of sp³-hybridized carbons (Fsp3) is 0.150. The van der Waals surface area contributed by atoms with Crippen LogP contribution in [0.5, 0.6) is 0 Å². The van der Waals surface area contributed by atoms with Crippen molar-refractivity contribution in [1.82, 2.24) is 4.98 Å². The first kappa shape index (κ1) is 14.5. The van der Waals surface area contributed by atoms with E-state index in [-0.39, 0.29) is 0 Å². The highest BCUT2D eigenvalue weighted by molar-refractivity contribution is 5.67. The van der Waals surface area contributed by atoms with E-state index < -0.39 is 0 Å².